The van der Waals surface area contributed by atoms with E-state index in [9.17, 15) is 0 Å². The van der Waals surface area contributed by atoms with Crippen molar-refractivity contribution in [2.45, 2.75) is 9.79 Å². The predicted molar refractivity (Wildman–Crippen MR) is 218 cm³/mol. The van der Waals surface area contributed by atoms with Crippen LogP contribution in [0.5, 0.6) is 0 Å². The largest absolute Gasteiger partial charge is 0.455 e. The molecular formula is C48H35NOS. The third-order valence-electron chi connectivity index (χ3n) is 10.5. The van der Waals surface area contributed by atoms with Crippen molar-refractivity contribution in [2.75, 3.05) is 17.4 Å². The summed E-state index contributed by atoms with van der Waals surface area (Å²) < 4.78 is 6.60. The first-order chi connectivity index (χ1) is 25.0. The van der Waals surface area contributed by atoms with E-state index in [0.717, 1.165) is 28.2 Å². The first-order valence-corrected chi connectivity index (χ1v) is 19.9. The normalized spacial score (nSPS) is 13.7. The highest BCUT2D eigenvalue weighted by atomic mass is 32.3. The van der Waals surface area contributed by atoms with Gasteiger partial charge in [0.2, 0.25) is 0 Å². The molecule has 0 saturated carbocycles. The maximum atomic E-state index is 6.60. The molecule has 0 unspecified atom stereocenters. The lowest BCUT2D eigenvalue weighted by molar-refractivity contribution is 0.669. The van der Waals surface area contributed by atoms with Crippen LogP contribution in [0.15, 0.2) is 190 Å². The number of rotatable bonds is 5. The minimum absolute atomic E-state index is 0.939. The summed E-state index contributed by atoms with van der Waals surface area (Å²) in [5, 5.41) is 4.86. The van der Waals surface area contributed by atoms with Crippen LogP contribution in [0.2, 0.25) is 0 Å². The average molecular weight is 674 g/mol. The quantitative estimate of drug-likeness (QED) is 0.181. The number of fused-ring (bicyclic) bond motifs is 8. The van der Waals surface area contributed by atoms with Crippen LogP contribution in [-0.4, -0.2) is 12.5 Å². The number of anilines is 3. The highest BCUT2D eigenvalue weighted by molar-refractivity contribution is 8.33. The summed E-state index contributed by atoms with van der Waals surface area (Å²) in [6.07, 6.45) is 4.85. The molecular weight excluding hydrogens is 639 g/mol. The molecule has 1 aromatic heterocycles. The Labute approximate surface area is 299 Å². The summed E-state index contributed by atoms with van der Waals surface area (Å²) in [5.74, 6) is 0. The Hall–Kier alpha value is -6.03. The van der Waals surface area contributed by atoms with Crippen LogP contribution in [0.25, 0.3) is 66.1 Å². The first-order valence-electron chi connectivity index (χ1n) is 17.4. The Morgan fingerprint density at radius 3 is 2.02 bits per heavy atom. The Morgan fingerprint density at radius 1 is 0.451 bits per heavy atom. The van der Waals surface area contributed by atoms with Crippen LogP contribution >= 0.6 is 10.0 Å². The zero-order valence-electron chi connectivity index (χ0n) is 28.5. The number of para-hydroxylation sites is 2. The molecule has 51 heavy (non-hydrogen) atoms. The van der Waals surface area contributed by atoms with Gasteiger partial charge in [-0.15, -0.1) is 0 Å². The number of furan rings is 1. The van der Waals surface area contributed by atoms with E-state index in [1.165, 1.54) is 64.7 Å². The molecule has 10 rings (SSSR count). The van der Waals surface area contributed by atoms with E-state index < -0.39 is 10.0 Å². The van der Waals surface area contributed by atoms with Crippen molar-refractivity contribution < 1.29 is 4.42 Å². The Bertz CT molecular complexity index is 2780. The summed E-state index contributed by atoms with van der Waals surface area (Å²) in [7, 11) is -1.32. The number of hydrogen-bond donors (Lipinski definition) is 0. The summed E-state index contributed by atoms with van der Waals surface area (Å²) in [6, 6.07) is 63.9. The molecule has 0 fully saturated rings. The molecule has 8 aromatic carbocycles. The van der Waals surface area contributed by atoms with Crippen molar-refractivity contribution in [1.29, 1.82) is 0 Å². The summed E-state index contributed by atoms with van der Waals surface area (Å²) in [5.41, 5.74) is 12.7. The molecule has 1 aliphatic rings. The van der Waals surface area contributed by atoms with Crippen LogP contribution in [0.1, 0.15) is 0 Å². The lowest BCUT2D eigenvalue weighted by Crippen LogP contribution is -2.11. The fourth-order valence-corrected chi connectivity index (χ4v) is 10.5. The number of hydrogen-bond acceptors (Lipinski definition) is 2. The fourth-order valence-electron chi connectivity index (χ4n) is 7.98. The number of benzene rings is 8. The van der Waals surface area contributed by atoms with Gasteiger partial charge in [-0.1, -0.05) is 121 Å². The van der Waals surface area contributed by atoms with E-state index >= 15 is 0 Å². The predicted octanol–water partition coefficient (Wildman–Crippen LogP) is 14.0. The SMILES string of the molecule is CS1(C)c2cc(N(c3ccc(-c4ccc5ccccc5c4)cc3)c3ccccc3-c3ccccc3)ccc2-c2c1ccc1c2oc2ccccc21. The average Bonchev–Trinajstić information content (AvgIpc) is 3.67. The molecule has 2 nitrogen and oxygen atoms in total. The third kappa shape index (κ3) is 4.73. The molecule has 0 radical (unpaired) electrons. The summed E-state index contributed by atoms with van der Waals surface area (Å²) in [4.78, 5) is 5.21. The van der Waals surface area contributed by atoms with E-state index in [2.05, 4.69) is 193 Å². The van der Waals surface area contributed by atoms with Crippen molar-refractivity contribution in [3.63, 3.8) is 0 Å². The highest BCUT2D eigenvalue weighted by Gasteiger charge is 2.35. The summed E-state index contributed by atoms with van der Waals surface area (Å²) >= 11 is 0. The van der Waals surface area contributed by atoms with E-state index in [0.29, 0.717) is 0 Å². The highest BCUT2D eigenvalue weighted by Crippen LogP contribution is 2.69. The van der Waals surface area contributed by atoms with Crippen LogP contribution in [0.4, 0.5) is 17.1 Å². The minimum atomic E-state index is -1.32. The second-order valence-electron chi connectivity index (χ2n) is 13.7. The van der Waals surface area contributed by atoms with Crippen LogP contribution < -0.4 is 4.90 Å². The lowest BCUT2D eigenvalue weighted by Gasteiger charge is -2.31. The molecule has 0 aliphatic carbocycles. The van der Waals surface area contributed by atoms with Gasteiger partial charge < -0.3 is 9.32 Å². The molecule has 1 aliphatic heterocycles. The molecule has 0 N–H and O–H groups in total. The van der Waals surface area contributed by atoms with Gasteiger partial charge in [0.1, 0.15) is 11.2 Å². The van der Waals surface area contributed by atoms with Gasteiger partial charge in [-0.2, -0.15) is 10.0 Å². The molecule has 0 bridgehead atoms. The van der Waals surface area contributed by atoms with Gasteiger partial charge in [-0.25, -0.2) is 0 Å². The van der Waals surface area contributed by atoms with Crippen molar-refractivity contribution >= 4 is 59.8 Å². The van der Waals surface area contributed by atoms with E-state index in [1.807, 2.05) is 0 Å². The van der Waals surface area contributed by atoms with Crippen LogP contribution in [0, 0.1) is 0 Å². The van der Waals surface area contributed by atoms with Crippen molar-refractivity contribution in [3.05, 3.63) is 176 Å². The second kappa shape index (κ2) is 11.5. The molecule has 3 heteroatoms. The molecule has 0 amide bonds. The van der Waals surface area contributed by atoms with Crippen LogP contribution in [0.3, 0.4) is 0 Å². The Morgan fingerprint density at radius 2 is 1.16 bits per heavy atom. The molecule has 0 atom stereocenters. The van der Waals surface area contributed by atoms with Gasteiger partial charge in [0, 0.05) is 43.1 Å². The molecule has 0 saturated heterocycles. The molecule has 0 spiro atoms. The lowest BCUT2D eigenvalue weighted by atomic mass is 9.99. The maximum absolute atomic E-state index is 6.60. The summed E-state index contributed by atoms with van der Waals surface area (Å²) in [6.45, 7) is 0. The van der Waals surface area contributed by atoms with Gasteiger partial charge >= 0.3 is 0 Å². The standard InChI is InChI=1S/C48H35NOS/c1-51(2)45-29-28-41-40-17-9-11-19-44(40)50-48(41)47(45)42-27-26-38(31-46(42)51)49(43-18-10-8-16-39(43)34-13-4-3-5-14-34)37-24-22-33(23-25-37)36-21-20-32-12-6-7-15-35(32)30-36/h3-31H,1-2H3. The zero-order valence-corrected chi connectivity index (χ0v) is 29.3. The number of nitrogens with zero attached hydrogens (tertiary/aromatic N) is 1. The second-order valence-corrected chi connectivity index (χ2v) is 17.3. The first kappa shape index (κ1) is 29.8. The van der Waals surface area contributed by atoms with Crippen molar-refractivity contribution in [1.82, 2.24) is 0 Å². The topological polar surface area (TPSA) is 16.4 Å². The molecule has 9 aromatic rings. The van der Waals surface area contributed by atoms with Gasteiger partial charge in [-0.05, 0) is 100 Å². The fraction of sp³-hybridized carbons (Fsp3) is 0.0417. The van der Waals surface area contributed by atoms with Gasteiger partial charge in [-0.3, -0.25) is 0 Å². The van der Waals surface area contributed by atoms with Gasteiger partial charge in [0.15, 0.2) is 0 Å². The maximum Gasteiger partial charge on any atom is 0.144 e. The Kier molecular flexibility index (Phi) is 6.74. The zero-order chi connectivity index (χ0) is 34.1. The minimum Gasteiger partial charge on any atom is -0.455 e. The monoisotopic (exact) mass is 673 g/mol. The van der Waals surface area contributed by atoms with Crippen molar-refractivity contribution in [2.24, 2.45) is 0 Å². The Balaban J connectivity index is 1.15. The van der Waals surface area contributed by atoms with Crippen LogP contribution in [-0.2, 0) is 0 Å². The van der Waals surface area contributed by atoms with E-state index in [-0.39, 0.29) is 0 Å². The van der Waals surface area contributed by atoms with Gasteiger partial charge in [0.25, 0.3) is 0 Å². The smallest absolute Gasteiger partial charge is 0.144 e. The molecule has 244 valence electrons. The van der Waals surface area contributed by atoms with Crippen molar-refractivity contribution in [3.8, 4) is 33.4 Å². The molecule has 2 heterocycles. The third-order valence-corrected chi connectivity index (χ3v) is 13.4. The van der Waals surface area contributed by atoms with E-state index in [1.54, 1.807) is 0 Å². The van der Waals surface area contributed by atoms with E-state index in [4.69, 9.17) is 4.42 Å². The van der Waals surface area contributed by atoms with Gasteiger partial charge in [0.05, 0.1) is 5.69 Å².